The number of pyridine rings is 1. The van der Waals surface area contributed by atoms with Crippen molar-refractivity contribution in [2.24, 2.45) is 0 Å². The van der Waals surface area contributed by atoms with Gasteiger partial charge in [-0.3, -0.25) is 9.69 Å². The van der Waals surface area contributed by atoms with Crippen LogP contribution in [0.3, 0.4) is 0 Å². The molecule has 0 aliphatic carbocycles. The van der Waals surface area contributed by atoms with Crippen LogP contribution in [0.5, 0.6) is 5.75 Å². The van der Waals surface area contributed by atoms with Crippen LogP contribution in [0.2, 0.25) is 0 Å². The lowest BCUT2D eigenvalue weighted by Gasteiger charge is -2.17. The van der Waals surface area contributed by atoms with Crippen LogP contribution in [-0.2, 0) is 13.1 Å². The van der Waals surface area contributed by atoms with Gasteiger partial charge in [0.25, 0.3) is 5.56 Å². The lowest BCUT2D eigenvalue weighted by molar-refractivity contribution is 0.311. The minimum Gasteiger partial charge on any atom is -0.507 e. The Morgan fingerprint density at radius 2 is 1.68 bits per heavy atom. The fourth-order valence-corrected chi connectivity index (χ4v) is 2.63. The Morgan fingerprint density at radius 1 is 1.00 bits per heavy atom. The van der Waals surface area contributed by atoms with E-state index in [0.29, 0.717) is 29.6 Å². The van der Waals surface area contributed by atoms with Gasteiger partial charge in [0, 0.05) is 18.5 Å². The van der Waals surface area contributed by atoms with E-state index < -0.39 is 0 Å². The first-order valence-corrected chi connectivity index (χ1v) is 7.20. The van der Waals surface area contributed by atoms with Crippen molar-refractivity contribution in [1.29, 1.82) is 0 Å². The van der Waals surface area contributed by atoms with Crippen molar-refractivity contribution in [3.05, 3.63) is 76.1 Å². The molecular weight excluding hydrogens is 276 g/mol. The Balaban J connectivity index is 1.89. The molecule has 0 atom stereocenters. The minimum atomic E-state index is -0.240. The zero-order chi connectivity index (χ0) is 15.5. The van der Waals surface area contributed by atoms with E-state index in [1.807, 2.05) is 54.4 Å². The second kappa shape index (κ2) is 6.03. The fraction of sp³-hybridized carbons (Fsp3) is 0.167. The molecule has 0 amide bonds. The quantitative estimate of drug-likeness (QED) is 0.778. The SMILES string of the molecule is CN(Cc1ccccc1)Cc1c(O)c2ccccc2[nH]c1=O. The Kier molecular flexibility index (Phi) is 3.94. The number of aromatic hydroxyl groups is 1. The molecule has 0 aliphatic heterocycles. The van der Waals surface area contributed by atoms with Gasteiger partial charge in [0.05, 0.1) is 11.1 Å². The molecule has 0 saturated heterocycles. The maximum atomic E-state index is 12.2. The molecule has 0 aliphatic rings. The van der Waals surface area contributed by atoms with Crippen LogP contribution >= 0.6 is 0 Å². The standard InChI is InChI=1S/C18H18N2O2/c1-20(11-13-7-3-2-4-8-13)12-15-17(21)14-9-5-6-10-16(14)19-18(15)22/h2-10H,11-12H2,1H3,(H2,19,21,22). The van der Waals surface area contributed by atoms with Gasteiger partial charge in [0.2, 0.25) is 0 Å². The van der Waals surface area contributed by atoms with Crippen molar-refractivity contribution in [1.82, 2.24) is 9.88 Å². The summed E-state index contributed by atoms with van der Waals surface area (Å²) in [7, 11) is 1.93. The van der Waals surface area contributed by atoms with Crippen molar-refractivity contribution >= 4 is 10.9 Å². The topological polar surface area (TPSA) is 56.3 Å². The number of fused-ring (bicyclic) bond motifs is 1. The predicted molar refractivity (Wildman–Crippen MR) is 87.8 cm³/mol. The molecule has 4 nitrogen and oxygen atoms in total. The molecule has 22 heavy (non-hydrogen) atoms. The number of hydrogen-bond donors (Lipinski definition) is 2. The highest BCUT2D eigenvalue weighted by Gasteiger charge is 2.13. The van der Waals surface area contributed by atoms with Crippen LogP contribution in [-0.4, -0.2) is 22.0 Å². The van der Waals surface area contributed by atoms with Crippen LogP contribution in [0.4, 0.5) is 0 Å². The first kappa shape index (κ1) is 14.4. The summed E-state index contributed by atoms with van der Waals surface area (Å²) in [6.45, 7) is 1.10. The third-order valence-electron chi connectivity index (χ3n) is 3.71. The molecule has 0 saturated carbocycles. The van der Waals surface area contributed by atoms with Gasteiger partial charge in [0.1, 0.15) is 5.75 Å². The smallest absolute Gasteiger partial charge is 0.256 e. The third kappa shape index (κ3) is 2.87. The normalized spacial score (nSPS) is 11.2. The van der Waals surface area contributed by atoms with Crippen molar-refractivity contribution in [2.45, 2.75) is 13.1 Å². The van der Waals surface area contributed by atoms with Crippen molar-refractivity contribution in [3.8, 4) is 5.75 Å². The summed E-state index contributed by atoms with van der Waals surface area (Å²) in [4.78, 5) is 17.0. The Morgan fingerprint density at radius 3 is 2.45 bits per heavy atom. The highest BCUT2D eigenvalue weighted by atomic mass is 16.3. The Labute approximate surface area is 128 Å². The predicted octanol–water partition coefficient (Wildman–Crippen LogP) is 2.87. The lowest BCUT2D eigenvalue weighted by Crippen LogP contribution is -2.23. The van der Waals surface area contributed by atoms with Crippen molar-refractivity contribution < 1.29 is 5.11 Å². The largest absolute Gasteiger partial charge is 0.507 e. The van der Waals surface area contributed by atoms with E-state index >= 15 is 0 Å². The van der Waals surface area contributed by atoms with E-state index in [-0.39, 0.29) is 11.3 Å². The summed E-state index contributed by atoms with van der Waals surface area (Å²) in [5.74, 6) is 0.0688. The van der Waals surface area contributed by atoms with Crippen LogP contribution in [0.1, 0.15) is 11.1 Å². The second-order valence-corrected chi connectivity index (χ2v) is 5.48. The number of nitrogens with one attached hydrogen (secondary N) is 1. The monoisotopic (exact) mass is 294 g/mol. The van der Waals surface area contributed by atoms with E-state index in [2.05, 4.69) is 4.98 Å². The van der Waals surface area contributed by atoms with E-state index in [9.17, 15) is 9.90 Å². The van der Waals surface area contributed by atoms with Crippen LogP contribution in [0.25, 0.3) is 10.9 Å². The molecule has 112 valence electrons. The fourth-order valence-electron chi connectivity index (χ4n) is 2.63. The summed E-state index contributed by atoms with van der Waals surface area (Å²) in [5, 5.41) is 11.1. The molecule has 1 aromatic heterocycles. The van der Waals surface area contributed by atoms with Gasteiger partial charge < -0.3 is 10.1 Å². The van der Waals surface area contributed by atoms with Crippen LogP contribution in [0.15, 0.2) is 59.4 Å². The molecule has 3 aromatic rings. The molecule has 0 unspecified atom stereocenters. The first-order valence-electron chi connectivity index (χ1n) is 7.20. The number of aromatic nitrogens is 1. The Hall–Kier alpha value is -2.59. The molecule has 3 rings (SSSR count). The second-order valence-electron chi connectivity index (χ2n) is 5.48. The molecule has 0 fully saturated rings. The number of para-hydroxylation sites is 1. The molecule has 0 bridgehead atoms. The highest BCUT2D eigenvalue weighted by Crippen LogP contribution is 2.25. The zero-order valence-corrected chi connectivity index (χ0v) is 12.4. The number of aromatic amines is 1. The molecule has 4 heteroatoms. The minimum absolute atomic E-state index is 0.0688. The molecule has 0 spiro atoms. The highest BCUT2D eigenvalue weighted by molar-refractivity contribution is 5.85. The zero-order valence-electron chi connectivity index (χ0n) is 12.4. The Bertz CT molecular complexity index is 841. The summed E-state index contributed by atoms with van der Waals surface area (Å²) in [6, 6.07) is 17.3. The summed E-state index contributed by atoms with van der Waals surface area (Å²) in [5.41, 5.74) is 1.98. The van der Waals surface area contributed by atoms with E-state index in [1.165, 1.54) is 5.56 Å². The number of H-pyrrole nitrogens is 1. The maximum Gasteiger partial charge on any atom is 0.256 e. The van der Waals surface area contributed by atoms with Gasteiger partial charge in [-0.05, 0) is 24.7 Å². The summed E-state index contributed by atoms with van der Waals surface area (Å²) in [6.07, 6.45) is 0. The molecule has 2 aromatic carbocycles. The van der Waals surface area contributed by atoms with Crippen LogP contribution < -0.4 is 5.56 Å². The molecular formula is C18H18N2O2. The summed E-state index contributed by atoms with van der Waals surface area (Å²) >= 11 is 0. The maximum absolute atomic E-state index is 12.2. The molecule has 1 heterocycles. The van der Waals surface area contributed by atoms with Gasteiger partial charge in [0.15, 0.2) is 0 Å². The van der Waals surface area contributed by atoms with Gasteiger partial charge in [-0.1, -0.05) is 42.5 Å². The van der Waals surface area contributed by atoms with E-state index in [4.69, 9.17) is 0 Å². The van der Waals surface area contributed by atoms with Gasteiger partial charge in [-0.25, -0.2) is 0 Å². The van der Waals surface area contributed by atoms with Gasteiger partial charge >= 0.3 is 0 Å². The van der Waals surface area contributed by atoms with Crippen LogP contribution in [0, 0.1) is 0 Å². The number of hydrogen-bond acceptors (Lipinski definition) is 3. The van der Waals surface area contributed by atoms with Crippen molar-refractivity contribution in [3.63, 3.8) is 0 Å². The van der Waals surface area contributed by atoms with E-state index in [0.717, 1.165) is 0 Å². The lowest BCUT2D eigenvalue weighted by atomic mass is 10.1. The third-order valence-corrected chi connectivity index (χ3v) is 3.71. The van der Waals surface area contributed by atoms with Gasteiger partial charge in [-0.2, -0.15) is 0 Å². The van der Waals surface area contributed by atoms with E-state index in [1.54, 1.807) is 12.1 Å². The molecule has 2 N–H and O–H groups in total. The summed E-state index contributed by atoms with van der Waals surface area (Å²) < 4.78 is 0. The number of benzene rings is 2. The first-order chi connectivity index (χ1) is 10.6. The average molecular weight is 294 g/mol. The number of rotatable bonds is 4. The molecule has 0 radical (unpaired) electrons. The average Bonchev–Trinajstić information content (AvgIpc) is 2.52. The number of nitrogens with zero attached hydrogens (tertiary/aromatic N) is 1. The van der Waals surface area contributed by atoms with Gasteiger partial charge in [-0.15, -0.1) is 0 Å². The van der Waals surface area contributed by atoms with Crippen molar-refractivity contribution in [2.75, 3.05) is 7.05 Å².